The summed E-state index contributed by atoms with van der Waals surface area (Å²) in [7, 11) is 0. The summed E-state index contributed by atoms with van der Waals surface area (Å²) in [6.07, 6.45) is -1.27. The highest BCUT2D eigenvalue weighted by Crippen LogP contribution is 2.33. The number of hydrogen-bond donors (Lipinski definition) is 1. The van der Waals surface area contributed by atoms with E-state index in [1.807, 2.05) is 0 Å². The predicted octanol–water partition coefficient (Wildman–Crippen LogP) is 3.39. The van der Waals surface area contributed by atoms with Gasteiger partial charge in [0.2, 0.25) is 11.6 Å². The molecule has 5 nitrogen and oxygen atoms in total. The van der Waals surface area contributed by atoms with Crippen molar-refractivity contribution < 1.29 is 18.8 Å². The average molecular weight is 258 g/mol. The molecule has 0 fully saturated rings. The number of halogens is 1. The maximum atomic E-state index is 14.2. The third-order valence-electron chi connectivity index (χ3n) is 2.37. The van der Waals surface area contributed by atoms with Gasteiger partial charge in [0, 0.05) is 11.0 Å². The number of carbonyl (C=O) groups is 1. The minimum atomic E-state index is -1.27. The number of aromatic nitrogens is 1. The van der Waals surface area contributed by atoms with Gasteiger partial charge in [0.15, 0.2) is 5.76 Å². The van der Waals surface area contributed by atoms with Crippen LogP contribution in [0.4, 0.5) is 15.0 Å². The standard InChI is InChI=1S/C12H19FN2O3/c1-11(2,3)8-7(13)9(14-18-8)15(10(16)17)12(4,5)6/h1-6H3,(H,16,17). The summed E-state index contributed by atoms with van der Waals surface area (Å²) in [4.78, 5) is 12.1. The second kappa shape index (κ2) is 4.26. The van der Waals surface area contributed by atoms with Crippen LogP contribution < -0.4 is 4.90 Å². The molecule has 1 amide bonds. The van der Waals surface area contributed by atoms with Gasteiger partial charge in [-0.05, 0) is 20.8 Å². The minimum Gasteiger partial charge on any atom is -0.465 e. The van der Waals surface area contributed by atoms with Gasteiger partial charge < -0.3 is 9.63 Å². The Bertz CT molecular complexity index is 455. The van der Waals surface area contributed by atoms with E-state index >= 15 is 0 Å². The molecule has 0 unspecified atom stereocenters. The summed E-state index contributed by atoms with van der Waals surface area (Å²) >= 11 is 0. The smallest absolute Gasteiger partial charge is 0.413 e. The zero-order chi connectivity index (χ0) is 14.3. The molecule has 18 heavy (non-hydrogen) atoms. The number of hydrogen-bond acceptors (Lipinski definition) is 3. The SMILES string of the molecule is CC(C)(C)c1onc(N(C(=O)O)C(C)(C)C)c1F. The van der Waals surface area contributed by atoms with Crippen molar-refractivity contribution in [3.8, 4) is 0 Å². The Kier molecular flexibility index (Phi) is 3.42. The van der Waals surface area contributed by atoms with E-state index in [4.69, 9.17) is 4.52 Å². The van der Waals surface area contributed by atoms with Crippen molar-refractivity contribution in [2.75, 3.05) is 4.90 Å². The Balaban J connectivity index is 3.33. The molecule has 0 spiro atoms. The van der Waals surface area contributed by atoms with Crippen molar-refractivity contribution in [1.29, 1.82) is 0 Å². The first-order valence-electron chi connectivity index (χ1n) is 5.65. The van der Waals surface area contributed by atoms with Gasteiger partial charge in [0.05, 0.1) is 0 Å². The van der Waals surface area contributed by atoms with Crippen LogP contribution in [-0.2, 0) is 5.41 Å². The van der Waals surface area contributed by atoms with E-state index in [1.54, 1.807) is 41.5 Å². The van der Waals surface area contributed by atoms with Crippen LogP contribution in [0.1, 0.15) is 47.3 Å². The summed E-state index contributed by atoms with van der Waals surface area (Å²) in [5.41, 5.74) is -1.38. The van der Waals surface area contributed by atoms with Crippen LogP contribution in [0.3, 0.4) is 0 Å². The fourth-order valence-corrected chi connectivity index (χ4v) is 1.57. The summed E-state index contributed by atoms with van der Waals surface area (Å²) in [5.74, 6) is -0.965. The second-order valence-corrected chi connectivity index (χ2v) is 6.19. The second-order valence-electron chi connectivity index (χ2n) is 6.19. The fourth-order valence-electron chi connectivity index (χ4n) is 1.57. The highest BCUT2D eigenvalue weighted by atomic mass is 19.1. The molecule has 0 aliphatic rings. The Morgan fingerprint density at radius 3 is 2.06 bits per heavy atom. The van der Waals surface area contributed by atoms with Crippen molar-refractivity contribution in [1.82, 2.24) is 5.16 Å². The Hall–Kier alpha value is -1.59. The summed E-state index contributed by atoms with van der Waals surface area (Å²) in [6, 6.07) is 0. The van der Waals surface area contributed by atoms with Gasteiger partial charge in [0.25, 0.3) is 0 Å². The Morgan fingerprint density at radius 1 is 1.28 bits per heavy atom. The number of amides is 1. The Labute approximate surface area is 106 Å². The highest BCUT2D eigenvalue weighted by molar-refractivity contribution is 5.86. The molecule has 0 aliphatic heterocycles. The molecule has 1 aromatic heterocycles. The van der Waals surface area contributed by atoms with Crippen molar-refractivity contribution in [3.05, 3.63) is 11.6 Å². The van der Waals surface area contributed by atoms with Gasteiger partial charge in [0.1, 0.15) is 0 Å². The van der Waals surface area contributed by atoms with E-state index in [0.717, 1.165) is 4.90 Å². The van der Waals surface area contributed by atoms with E-state index < -0.39 is 22.9 Å². The quantitative estimate of drug-likeness (QED) is 0.838. The molecule has 0 bridgehead atoms. The van der Waals surface area contributed by atoms with Crippen molar-refractivity contribution in [2.45, 2.75) is 52.5 Å². The van der Waals surface area contributed by atoms with E-state index in [1.165, 1.54) is 0 Å². The van der Waals surface area contributed by atoms with Gasteiger partial charge in [-0.25, -0.2) is 4.79 Å². The Morgan fingerprint density at radius 2 is 1.78 bits per heavy atom. The van der Waals surface area contributed by atoms with Crippen LogP contribution >= 0.6 is 0 Å². The van der Waals surface area contributed by atoms with Crippen molar-refractivity contribution in [2.24, 2.45) is 0 Å². The largest absolute Gasteiger partial charge is 0.465 e. The minimum absolute atomic E-state index is 0.0491. The lowest BCUT2D eigenvalue weighted by molar-refractivity contribution is 0.194. The van der Waals surface area contributed by atoms with Crippen molar-refractivity contribution in [3.63, 3.8) is 0 Å². The molecule has 0 radical (unpaired) electrons. The van der Waals surface area contributed by atoms with E-state index in [-0.39, 0.29) is 11.6 Å². The molecule has 1 aromatic rings. The average Bonchev–Trinajstić information content (AvgIpc) is 2.44. The molecule has 1 heterocycles. The third kappa shape index (κ3) is 2.63. The first-order valence-corrected chi connectivity index (χ1v) is 5.65. The van der Waals surface area contributed by atoms with Crippen LogP contribution in [0.15, 0.2) is 4.52 Å². The topological polar surface area (TPSA) is 66.6 Å². The van der Waals surface area contributed by atoms with Gasteiger partial charge in [-0.1, -0.05) is 25.9 Å². The maximum Gasteiger partial charge on any atom is 0.413 e. The van der Waals surface area contributed by atoms with Crippen LogP contribution in [0.5, 0.6) is 0 Å². The van der Waals surface area contributed by atoms with E-state index in [9.17, 15) is 14.3 Å². The molecule has 0 aliphatic carbocycles. The molecule has 1 rings (SSSR count). The van der Waals surface area contributed by atoms with Crippen LogP contribution in [0, 0.1) is 5.82 Å². The molecule has 0 atom stereocenters. The van der Waals surface area contributed by atoms with Gasteiger partial charge in [-0.15, -0.1) is 0 Å². The third-order valence-corrected chi connectivity index (χ3v) is 2.37. The van der Waals surface area contributed by atoms with Crippen molar-refractivity contribution >= 4 is 11.9 Å². The lowest BCUT2D eigenvalue weighted by Crippen LogP contribution is -2.45. The fraction of sp³-hybridized carbons (Fsp3) is 0.667. The first-order chi connectivity index (χ1) is 7.96. The molecular weight excluding hydrogens is 239 g/mol. The molecule has 1 N–H and O–H groups in total. The summed E-state index contributed by atoms with van der Waals surface area (Å²) < 4.78 is 19.2. The van der Waals surface area contributed by atoms with E-state index in [2.05, 4.69) is 5.16 Å². The predicted molar refractivity (Wildman–Crippen MR) is 65.4 cm³/mol. The van der Waals surface area contributed by atoms with Crippen LogP contribution in [0.25, 0.3) is 0 Å². The number of rotatable bonds is 1. The lowest BCUT2D eigenvalue weighted by Gasteiger charge is -2.30. The molecule has 0 saturated heterocycles. The summed E-state index contributed by atoms with van der Waals surface area (Å²) in [6.45, 7) is 10.3. The number of anilines is 1. The molecule has 0 saturated carbocycles. The van der Waals surface area contributed by atoms with Gasteiger partial charge >= 0.3 is 6.09 Å². The number of carboxylic acid groups (broad SMARTS) is 1. The first kappa shape index (κ1) is 14.5. The van der Waals surface area contributed by atoms with Gasteiger partial charge in [-0.2, -0.15) is 4.39 Å². The lowest BCUT2D eigenvalue weighted by atomic mass is 9.93. The number of nitrogens with zero attached hydrogens (tertiary/aromatic N) is 2. The maximum absolute atomic E-state index is 14.2. The summed E-state index contributed by atoms with van der Waals surface area (Å²) in [5, 5.41) is 12.7. The molecule has 6 heteroatoms. The molecule has 0 aromatic carbocycles. The van der Waals surface area contributed by atoms with Crippen LogP contribution in [0.2, 0.25) is 0 Å². The molecule has 102 valence electrons. The van der Waals surface area contributed by atoms with Crippen LogP contribution in [-0.4, -0.2) is 21.9 Å². The monoisotopic (exact) mass is 258 g/mol. The normalized spacial score (nSPS) is 12.6. The van der Waals surface area contributed by atoms with E-state index in [0.29, 0.717) is 0 Å². The molecular formula is C12H19FN2O3. The zero-order valence-corrected chi connectivity index (χ0v) is 11.5. The highest BCUT2D eigenvalue weighted by Gasteiger charge is 2.36. The zero-order valence-electron chi connectivity index (χ0n) is 11.5. The van der Waals surface area contributed by atoms with Gasteiger partial charge in [-0.3, -0.25) is 4.90 Å².